The molecule has 3 heteroatoms. The highest BCUT2D eigenvalue weighted by molar-refractivity contribution is 5.27. The first-order valence-corrected chi connectivity index (χ1v) is 8.26. The van der Waals surface area contributed by atoms with Gasteiger partial charge in [-0.1, -0.05) is 46.2 Å². The van der Waals surface area contributed by atoms with Crippen LogP contribution in [0.4, 0.5) is 0 Å². The van der Waals surface area contributed by atoms with Crippen molar-refractivity contribution in [2.75, 3.05) is 13.1 Å². The summed E-state index contributed by atoms with van der Waals surface area (Å²) in [6.45, 7) is 12.3. The number of rotatable bonds is 5. The molecule has 21 heavy (non-hydrogen) atoms. The highest BCUT2D eigenvalue weighted by Crippen LogP contribution is 2.23. The van der Waals surface area contributed by atoms with Crippen molar-refractivity contribution in [2.45, 2.75) is 52.7 Å². The number of nitrogens with one attached hydrogen (secondary N) is 1. The summed E-state index contributed by atoms with van der Waals surface area (Å²) >= 11 is 0. The van der Waals surface area contributed by atoms with Gasteiger partial charge >= 0.3 is 0 Å². The van der Waals surface area contributed by atoms with E-state index in [1.807, 2.05) is 12.1 Å². The van der Waals surface area contributed by atoms with Crippen LogP contribution in [-0.2, 0) is 6.54 Å². The topological polar surface area (TPSA) is 35.5 Å². The van der Waals surface area contributed by atoms with Crippen molar-refractivity contribution in [1.29, 1.82) is 0 Å². The lowest BCUT2D eigenvalue weighted by Crippen LogP contribution is -2.59. The fraction of sp³-hybridized carbons (Fsp3) is 0.667. The Bertz CT molecular complexity index is 447. The van der Waals surface area contributed by atoms with Crippen molar-refractivity contribution >= 4 is 0 Å². The summed E-state index contributed by atoms with van der Waals surface area (Å²) in [7, 11) is 0. The van der Waals surface area contributed by atoms with Crippen LogP contribution in [0.1, 0.15) is 39.7 Å². The number of hydrogen-bond donors (Lipinski definition) is 2. The van der Waals surface area contributed by atoms with Gasteiger partial charge in [0.15, 0.2) is 0 Å². The minimum atomic E-state index is 0.363. The van der Waals surface area contributed by atoms with Gasteiger partial charge in [0.1, 0.15) is 5.75 Å². The molecule has 3 unspecified atom stereocenters. The third-order valence-electron chi connectivity index (χ3n) is 4.89. The third kappa shape index (κ3) is 4.21. The first-order valence-electron chi connectivity index (χ1n) is 8.26. The molecule has 0 amide bonds. The number of piperazine rings is 1. The van der Waals surface area contributed by atoms with E-state index in [1.165, 1.54) is 12.0 Å². The van der Waals surface area contributed by atoms with Crippen LogP contribution in [0.5, 0.6) is 5.75 Å². The molecule has 0 spiro atoms. The van der Waals surface area contributed by atoms with E-state index in [1.54, 1.807) is 6.07 Å². The lowest BCUT2D eigenvalue weighted by atomic mass is 9.91. The predicted octanol–water partition coefficient (Wildman–Crippen LogP) is 3.24. The molecule has 0 bridgehead atoms. The Morgan fingerprint density at radius 1 is 1.33 bits per heavy atom. The lowest BCUT2D eigenvalue weighted by molar-refractivity contribution is 0.0752. The van der Waals surface area contributed by atoms with Gasteiger partial charge in [0.05, 0.1) is 0 Å². The second-order valence-electron chi connectivity index (χ2n) is 6.81. The van der Waals surface area contributed by atoms with E-state index >= 15 is 0 Å². The first-order chi connectivity index (χ1) is 10.0. The SMILES string of the molecule is CCC(C)C1CN(Cc2cccc(O)c2)C(C(C)C)CN1. The summed E-state index contributed by atoms with van der Waals surface area (Å²) in [6.07, 6.45) is 1.21. The largest absolute Gasteiger partial charge is 0.508 e. The molecular formula is C18H30N2O. The second-order valence-corrected chi connectivity index (χ2v) is 6.81. The smallest absolute Gasteiger partial charge is 0.115 e. The van der Waals surface area contributed by atoms with Crippen LogP contribution in [0.2, 0.25) is 0 Å². The number of hydrogen-bond acceptors (Lipinski definition) is 3. The normalized spacial score (nSPS) is 25.2. The summed E-state index contributed by atoms with van der Waals surface area (Å²) in [5.74, 6) is 1.69. The van der Waals surface area contributed by atoms with Crippen LogP contribution >= 0.6 is 0 Å². The zero-order valence-corrected chi connectivity index (χ0v) is 13.8. The Hall–Kier alpha value is -1.06. The van der Waals surface area contributed by atoms with E-state index in [4.69, 9.17) is 0 Å². The molecule has 1 fully saturated rings. The van der Waals surface area contributed by atoms with Gasteiger partial charge < -0.3 is 10.4 Å². The zero-order valence-electron chi connectivity index (χ0n) is 13.8. The summed E-state index contributed by atoms with van der Waals surface area (Å²) in [5, 5.41) is 13.4. The molecule has 0 aromatic heterocycles. The van der Waals surface area contributed by atoms with Crippen LogP contribution in [0, 0.1) is 11.8 Å². The molecule has 1 saturated heterocycles. The van der Waals surface area contributed by atoms with Gasteiger partial charge in [-0.3, -0.25) is 4.90 Å². The Balaban J connectivity index is 2.10. The summed E-state index contributed by atoms with van der Waals surface area (Å²) in [6, 6.07) is 8.80. The van der Waals surface area contributed by atoms with Crippen molar-refractivity contribution in [1.82, 2.24) is 10.2 Å². The van der Waals surface area contributed by atoms with Gasteiger partial charge in [0.2, 0.25) is 0 Å². The molecule has 1 aliphatic heterocycles. The summed E-state index contributed by atoms with van der Waals surface area (Å²) in [5.41, 5.74) is 1.20. The number of benzene rings is 1. The van der Waals surface area contributed by atoms with E-state index in [2.05, 4.69) is 44.0 Å². The Morgan fingerprint density at radius 3 is 2.71 bits per heavy atom. The molecule has 0 aliphatic carbocycles. The number of nitrogens with zero attached hydrogens (tertiary/aromatic N) is 1. The van der Waals surface area contributed by atoms with Crippen LogP contribution in [0.25, 0.3) is 0 Å². The summed E-state index contributed by atoms with van der Waals surface area (Å²) in [4.78, 5) is 2.59. The zero-order chi connectivity index (χ0) is 15.4. The van der Waals surface area contributed by atoms with Crippen molar-refractivity contribution in [3.63, 3.8) is 0 Å². The molecule has 118 valence electrons. The monoisotopic (exact) mass is 290 g/mol. The van der Waals surface area contributed by atoms with Crippen molar-refractivity contribution in [2.24, 2.45) is 11.8 Å². The molecule has 3 atom stereocenters. The highest BCUT2D eigenvalue weighted by Gasteiger charge is 2.31. The second kappa shape index (κ2) is 7.28. The molecule has 1 aromatic carbocycles. The highest BCUT2D eigenvalue weighted by atomic mass is 16.3. The Labute approximate surface area is 129 Å². The van der Waals surface area contributed by atoms with Crippen molar-refractivity contribution in [3.05, 3.63) is 29.8 Å². The van der Waals surface area contributed by atoms with Gasteiger partial charge in [0, 0.05) is 31.7 Å². The first kappa shape index (κ1) is 16.3. The molecule has 2 N–H and O–H groups in total. The molecule has 0 saturated carbocycles. The fourth-order valence-electron chi connectivity index (χ4n) is 3.25. The number of phenolic OH excluding ortho intramolecular Hbond substituents is 1. The maximum absolute atomic E-state index is 9.67. The average molecular weight is 290 g/mol. The standard InChI is InChI=1S/C18H30N2O/c1-5-14(4)17-12-20(18(10-19-17)13(2)3)11-15-7-6-8-16(21)9-15/h6-9,13-14,17-19,21H,5,10-12H2,1-4H3. The molecule has 1 aromatic rings. The van der Waals surface area contributed by atoms with Crippen LogP contribution < -0.4 is 5.32 Å². The third-order valence-corrected chi connectivity index (χ3v) is 4.89. The Morgan fingerprint density at radius 2 is 2.10 bits per heavy atom. The summed E-state index contributed by atoms with van der Waals surface area (Å²) < 4.78 is 0. The number of phenols is 1. The fourth-order valence-corrected chi connectivity index (χ4v) is 3.25. The van der Waals surface area contributed by atoms with Crippen LogP contribution in [0.3, 0.4) is 0 Å². The average Bonchev–Trinajstić information content (AvgIpc) is 2.46. The van der Waals surface area contributed by atoms with E-state index < -0.39 is 0 Å². The Kier molecular flexibility index (Phi) is 5.65. The molecule has 3 nitrogen and oxygen atoms in total. The minimum absolute atomic E-state index is 0.363. The van der Waals surface area contributed by atoms with Crippen LogP contribution in [-0.4, -0.2) is 35.2 Å². The quantitative estimate of drug-likeness (QED) is 0.874. The van der Waals surface area contributed by atoms with Gasteiger partial charge in [0.25, 0.3) is 0 Å². The van der Waals surface area contributed by atoms with E-state index in [-0.39, 0.29) is 0 Å². The minimum Gasteiger partial charge on any atom is -0.508 e. The maximum atomic E-state index is 9.67. The van der Waals surface area contributed by atoms with E-state index in [0.717, 1.165) is 19.6 Å². The molecule has 1 heterocycles. The predicted molar refractivity (Wildman–Crippen MR) is 88.4 cm³/mol. The van der Waals surface area contributed by atoms with Gasteiger partial charge in [-0.2, -0.15) is 0 Å². The maximum Gasteiger partial charge on any atom is 0.115 e. The van der Waals surface area contributed by atoms with Crippen LogP contribution in [0.15, 0.2) is 24.3 Å². The number of aromatic hydroxyl groups is 1. The van der Waals surface area contributed by atoms with Gasteiger partial charge in [-0.15, -0.1) is 0 Å². The van der Waals surface area contributed by atoms with E-state index in [9.17, 15) is 5.11 Å². The lowest BCUT2D eigenvalue weighted by Gasteiger charge is -2.44. The van der Waals surface area contributed by atoms with Gasteiger partial charge in [-0.25, -0.2) is 0 Å². The van der Waals surface area contributed by atoms with Crippen molar-refractivity contribution < 1.29 is 5.11 Å². The van der Waals surface area contributed by atoms with E-state index in [0.29, 0.717) is 29.7 Å². The molecule has 2 rings (SSSR count). The molecule has 1 aliphatic rings. The van der Waals surface area contributed by atoms with Gasteiger partial charge in [-0.05, 0) is 29.5 Å². The molecular weight excluding hydrogens is 260 g/mol. The van der Waals surface area contributed by atoms with Crippen molar-refractivity contribution in [3.8, 4) is 5.75 Å². The molecule has 0 radical (unpaired) electrons.